The summed E-state index contributed by atoms with van der Waals surface area (Å²) in [4.78, 5) is 0. The first kappa shape index (κ1) is 16.1. The molecular weight excluding hydrogens is 276 g/mol. The summed E-state index contributed by atoms with van der Waals surface area (Å²) in [6.07, 6.45) is 1.13. The highest BCUT2D eigenvalue weighted by molar-refractivity contribution is 6.22. The molecule has 2 aromatic rings. The van der Waals surface area contributed by atoms with Gasteiger partial charge in [-0.3, -0.25) is 0 Å². The van der Waals surface area contributed by atoms with Crippen LogP contribution in [0.15, 0.2) is 42.5 Å². The average molecular weight is 301 g/mol. The Kier molecular flexibility index (Phi) is 4.78. The van der Waals surface area contributed by atoms with Crippen molar-refractivity contribution >= 4 is 11.6 Å². The van der Waals surface area contributed by atoms with Crippen molar-refractivity contribution in [3.05, 3.63) is 70.3 Å². The lowest BCUT2D eigenvalue weighted by Crippen LogP contribution is -2.15. The molecule has 0 N–H and O–H groups in total. The molecule has 2 aromatic carbocycles. The van der Waals surface area contributed by atoms with E-state index in [0.29, 0.717) is 0 Å². The molecule has 0 saturated carbocycles. The Hall–Kier alpha value is -1.27. The SMILES string of the molecule is CCC(C)(C)c1ccc(C(Cl)c2cccc(C)c2C)cc1. The highest BCUT2D eigenvalue weighted by Gasteiger charge is 2.19. The monoisotopic (exact) mass is 300 g/mol. The Morgan fingerprint density at radius 2 is 1.62 bits per heavy atom. The number of benzene rings is 2. The van der Waals surface area contributed by atoms with Crippen molar-refractivity contribution in [2.24, 2.45) is 0 Å². The minimum Gasteiger partial charge on any atom is -0.113 e. The molecule has 0 amide bonds. The van der Waals surface area contributed by atoms with Crippen LogP contribution in [0.2, 0.25) is 0 Å². The van der Waals surface area contributed by atoms with E-state index in [1.54, 1.807) is 0 Å². The smallest absolute Gasteiger partial charge is 0.0838 e. The first-order valence-corrected chi connectivity index (χ1v) is 8.11. The minimum atomic E-state index is -0.0799. The standard InChI is InChI=1S/C20H25Cl/c1-6-20(4,5)17-12-10-16(11-13-17)19(21)18-9-7-8-14(2)15(18)3/h7-13,19H,6H2,1-5H3. The molecule has 0 aliphatic carbocycles. The van der Waals surface area contributed by atoms with Gasteiger partial charge in [-0.1, -0.05) is 63.2 Å². The Morgan fingerprint density at radius 3 is 2.19 bits per heavy atom. The van der Waals surface area contributed by atoms with E-state index in [0.717, 1.165) is 6.42 Å². The van der Waals surface area contributed by atoms with Crippen molar-refractivity contribution in [1.82, 2.24) is 0 Å². The second-order valence-corrected chi connectivity index (χ2v) is 6.95. The molecular formula is C20H25Cl. The molecule has 0 aliphatic rings. The van der Waals surface area contributed by atoms with Gasteiger partial charge in [-0.25, -0.2) is 0 Å². The lowest BCUT2D eigenvalue weighted by atomic mass is 9.82. The predicted molar refractivity (Wildman–Crippen MR) is 93.4 cm³/mol. The van der Waals surface area contributed by atoms with Crippen LogP contribution in [0.4, 0.5) is 0 Å². The van der Waals surface area contributed by atoms with Gasteiger partial charge in [0, 0.05) is 0 Å². The molecule has 0 saturated heterocycles. The molecule has 0 bridgehead atoms. The van der Waals surface area contributed by atoms with Gasteiger partial charge >= 0.3 is 0 Å². The zero-order valence-electron chi connectivity index (χ0n) is 13.7. The second kappa shape index (κ2) is 6.23. The van der Waals surface area contributed by atoms with E-state index >= 15 is 0 Å². The zero-order valence-corrected chi connectivity index (χ0v) is 14.5. The van der Waals surface area contributed by atoms with E-state index in [1.165, 1.54) is 27.8 Å². The van der Waals surface area contributed by atoms with E-state index in [4.69, 9.17) is 11.6 Å². The highest BCUT2D eigenvalue weighted by Crippen LogP contribution is 2.34. The van der Waals surface area contributed by atoms with Crippen LogP contribution >= 0.6 is 11.6 Å². The van der Waals surface area contributed by atoms with Crippen molar-refractivity contribution in [2.75, 3.05) is 0 Å². The summed E-state index contributed by atoms with van der Waals surface area (Å²) in [6.45, 7) is 11.1. The van der Waals surface area contributed by atoms with Gasteiger partial charge in [0.05, 0.1) is 5.38 Å². The number of halogens is 1. The van der Waals surface area contributed by atoms with E-state index in [-0.39, 0.29) is 10.8 Å². The third-order valence-corrected chi connectivity index (χ3v) is 5.28. The molecule has 1 heteroatoms. The van der Waals surface area contributed by atoms with Crippen LogP contribution in [0.25, 0.3) is 0 Å². The van der Waals surface area contributed by atoms with Crippen molar-refractivity contribution in [3.63, 3.8) is 0 Å². The lowest BCUT2D eigenvalue weighted by Gasteiger charge is -2.24. The Bertz CT molecular complexity index is 608. The molecule has 0 spiro atoms. The van der Waals surface area contributed by atoms with Crippen LogP contribution < -0.4 is 0 Å². The van der Waals surface area contributed by atoms with E-state index in [2.05, 4.69) is 77.1 Å². The molecule has 112 valence electrons. The van der Waals surface area contributed by atoms with Crippen LogP contribution in [0, 0.1) is 13.8 Å². The summed E-state index contributed by atoms with van der Waals surface area (Å²) in [7, 11) is 0. The normalized spacial score (nSPS) is 13.2. The summed E-state index contributed by atoms with van der Waals surface area (Å²) in [5.41, 5.74) is 6.55. The lowest BCUT2D eigenvalue weighted by molar-refractivity contribution is 0.506. The zero-order chi connectivity index (χ0) is 15.6. The maximum absolute atomic E-state index is 6.71. The van der Waals surface area contributed by atoms with Gasteiger partial charge in [-0.2, -0.15) is 0 Å². The van der Waals surface area contributed by atoms with Crippen LogP contribution in [-0.2, 0) is 5.41 Å². The summed E-state index contributed by atoms with van der Waals surface area (Å²) >= 11 is 6.71. The molecule has 0 radical (unpaired) electrons. The molecule has 1 atom stereocenters. The predicted octanol–water partition coefficient (Wildman–Crippen LogP) is 6.32. The van der Waals surface area contributed by atoms with Crippen molar-refractivity contribution in [3.8, 4) is 0 Å². The number of rotatable bonds is 4. The van der Waals surface area contributed by atoms with Gasteiger partial charge in [0.1, 0.15) is 0 Å². The summed E-state index contributed by atoms with van der Waals surface area (Å²) < 4.78 is 0. The van der Waals surface area contributed by atoms with Gasteiger partial charge in [0.2, 0.25) is 0 Å². The molecule has 0 aromatic heterocycles. The fourth-order valence-electron chi connectivity index (χ4n) is 2.54. The minimum absolute atomic E-state index is 0.0799. The van der Waals surface area contributed by atoms with E-state index in [1.807, 2.05) is 0 Å². The molecule has 0 heterocycles. The van der Waals surface area contributed by atoms with Crippen molar-refractivity contribution in [2.45, 2.75) is 51.8 Å². The molecule has 0 aliphatic heterocycles. The van der Waals surface area contributed by atoms with Crippen LogP contribution in [0.5, 0.6) is 0 Å². The number of hydrogen-bond acceptors (Lipinski definition) is 0. The van der Waals surface area contributed by atoms with Crippen LogP contribution in [-0.4, -0.2) is 0 Å². The number of aryl methyl sites for hydroxylation is 1. The maximum Gasteiger partial charge on any atom is 0.0838 e. The summed E-state index contributed by atoms with van der Waals surface area (Å²) in [5, 5.41) is -0.0799. The third kappa shape index (κ3) is 3.32. The maximum atomic E-state index is 6.71. The van der Waals surface area contributed by atoms with Crippen molar-refractivity contribution < 1.29 is 0 Å². The van der Waals surface area contributed by atoms with Gasteiger partial charge in [0.15, 0.2) is 0 Å². The average Bonchev–Trinajstić information content (AvgIpc) is 2.49. The molecule has 0 fully saturated rings. The van der Waals surface area contributed by atoms with Crippen molar-refractivity contribution in [1.29, 1.82) is 0 Å². The Morgan fingerprint density at radius 1 is 1.00 bits per heavy atom. The first-order chi connectivity index (χ1) is 9.86. The Balaban J connectivity index is 2.32. The largest absolute Gasteiger partial charge is 0.113 e. The van der Waals surface area contributed by atoms with Gasteiger partial charge in [-0.05, 0) is 53.5 Å². The summed E-state index contributed by atoms with van der Waals surface area (Å²) in [6, 6.07) is 15.1. The fraction of sp³-hybridized carbons (Fsp3) is 0.400. The topological polar surface area (TPSA) is 0 Å². The van der Waals surface area contributed by atoms with Crippen LogP contribution in [0.3, 0.4) is 0 Å². The summed E-state index contributed by atoms with van der Waals surface area (Å²) in [5.74, 6) is 0. The molecule has 0 nitrogen and oxygen atoms in total. The van der Waals surface area contributed by atoms with Gasteiger partial charge in [0.25, 0.3) is 0 Å². The fourth-order valence-corrected chi connectivity index (χ4v) is 2.92. The Labute approximate surface area is 134 Å². The van der Waals surface area contributed by atoms with E-state index < -0.39 is 0 Å². The highest BCUT2D eigenvalue weighted by atomic mass is 35.5. The molecule has 21 heavy (non-hydrogen) atoms. The van der Waals surface area contributed by atoms with E-state index in [9.17, 15) is 0 Å². The van der Waals surface area contributed by atoms with Gasteiger partial charge < -0.3 is 0 Å². The number of alkyl halides is 1. The molecule has 1 unspecified atom stereocenters. The van der Waals surface area contributed by atoms with Gasteiger partial charge in [-0.15, -0.1) is 11.6 Å². The number of hydrogen-bond donors (Lipinski definition) is 0. The third-order valence-electron chi connectivity index (χ3n) is 4.79. The first-order valence-electron chi connectivity index (χ1n) is 7.67. The second-order valence-electron chi connectivity index (χ2n) is 6.51. The quantitative estimate of drug-likeness (QED) is 0.580. The molecule has 2 rings (SSSR count). The van der Waals surface area contributed by atoms with Crippen LogP contribution in [0.1, 0.15) is 60.4 Å².